The van der Waals surface area contributed by atoms with E-state index < -0.39 is 11.5 Å². The monoisotopic (exact) mass is 263 g/mol. The zero-order valence-corrected chi connectivity index (χ0v) is 11.9. The molecular weight excluding hydrogens is 242 g/mol. The molecule has 1 amide bonds. The van der Waals surface area contributed by atoms with Gasteiger partial charge in [0, 0.05) is 5.56 Å². The van der Waals surface area contributed by atoms with Gasteiger partial charge in [0.2, 0.25) is 0 Å². The summed E-state index contributed by atoms with van der Waals surface area (Å²) in [7, 11) is 0. The highest BCUT2D eigenvalue weighted by Gasteiger charge is 2.36. The van der Waals surface area contributed by atoms with Gasteiger partial charge in [0.15, 0.2) is 0 Å². The second-order valence-corrected chi connectivity index (χ2v) is 4.92. The molecule has 104 valence electrons. The van der Waals surface area contributed by atoms with Crippen LogP contribution in [0.1, 0.15) is 48.2 Å². The van der Waals surface area contributed by atoms with Crippen molar-refractivity contribution in [2.24, 2.45) is 0 Å². The molecule has 0 saturated heterocycles. The first-order chi connectivity index (χ1) is 8.84. The normalized spacial score (nSPS) is 11.2. The molecule has 1 rings (SSSR count). The van der Waals surface area contributed by atoms with Crippen molar-refractivity contribution in [1.29, 1.82) is 0 Å². The molecule has 0 aliphatic carbocycles. The van der Waals surface area contributed by atoms with Crippen LogP contribution < -0.4 is 5.32 Å². The number of carboxylic acids is 1. The van der Waals surface area contributed by atoms with E-state index in [9.17, 15) is 14.7 Å². The van der Waals surface area contributed by atoms with E-state index in [0.717, 1.165) is 11.1 Å². The second-order valence-electron chi connectivity index (χ2n) is 4.92. The Hall–Kier alpha value is -1.84. The summed E-state index contributed by atoms with van der Waals surface area (Å²) >= 11 is 0. The lowest BCUT2D eigenvalue weighted by Crippen LogP contribution is -2.53. The third-order valence-electron chi connectivity index (χ3n) is 3.45. The van der Waals surface area contributed by atoms with E-state index in [1.807, 2.05) is 19.9 Å². The molecule has 4 heteroatoms. The average molecular weight is 263 g/mol. The Morgan fingerprint density at radius 1 is 1.11 bits per heavy atom. The lowest BCUT2D eigenvalue weighted by Gasteiger charge is -2.28. The third kappa shape index (κ3) is 3.34. The predicted octanol–water partition coefficient (Wildman–Crippen LogP) is 2.68. The molecule has 2 N–H and O–H groups in total. The first kappa shape index (κ1) is 15.2. The number of nitrogens with one attached hydrogen (secondary N) is 1. The Balaban J connectivity index is 3.03. The minimum atomic E-state index is -1.19. The number of rotatable bonds is 5. The van der Waals surface area contributed by atoms with Crippen molar-refractivity contribution in [1.82, 2.24) is 5.32 Å². The molecule has 0 spiro atoms. The summed E-state index contributed by atoms with van der Waals surface area (Å²) in [5, 5.41) is 12.0. The van der Waals surface area contributed by atoms with Crippen molar-refractivity contribution in [2.45, 2.75) is 46.1 Å². The van der Waals surface area contributed by atoms with Crippen LogP contribution in [0.15, 0.2) is 18.2 Å². The van der Waals surface area contributed by atoms with Crippen LogP contribution in [0, 0.1) is 13.8 Å². The topological polar surface area (TPSA) is 66.4 Å². The van der Waals surface area contributed by atoms with E-state index in [-0.39, 0.29) is 5.91 Å². The fourth-order valence-electron chi connectivity index (χ4n) is 2.18. The first-order valence-corrected chi connectivity index (χ1v) is 6.49. The quantitative estimate of drug-likeness (QED) is 0.858. The smallest absolute Gasteiger partial charge is 0.329 e. The summed E-state index contributed by atoms with van der Waals surface area (Å²) in [5.41, 5.74) is 1.29. The molecule has 0 saturated carbocycles. The molecule has 0 unspecified atom stereocenters. The molecular formula is C15H21NO3. The van der Waals surface area contributed by atoms with Gasteiger partial charge in [-0.05, 0) is 38.8 Å². The van der Waals surface area contributed by atoms with Gasteiger partial charge in [0.1, 0.15) is 5.54 Å². The molecule has 0 heterocycles. The number of hydrogen-bond acceptors (Lipinski definition) is 2. The predicted molar refractivity (Wildman–Crippen MR) is 74.3 cm³/mol. The van der Waals surface area contributed by atoms with Gasteiger partial charge >= 0.3 is 5.97 Å². The molecule has 0 fully saturated rings. The summed E-state index contributed by atoms with van der Waals surface area (Å²) in [6.07, 6.45) is 0.713. The van der Waals surface area contributed by atoms with Crippen LogP contribution in [0.25, 0.3) is 0 Å². The fourth-order valence-corrected chi connectivity index (χ4v) is 2.18. The number of carboxylic acid groups (broad SMARTS) is 1. The van der Waals surface area contributed by atoms with Gasteiger partial charge in [-0.15, -0.1) is 0 Å². The van der Waals surface area contributed by atoms with Crippen LogP contribution in [-0.4, -0.2) is 22.5 Å². The second kappa shape index (κ2) is 5.87. The molecule has 0 aliphatic rings. The number of aryl methyl sites for hydroxylation is 2. The van der Waals surface area contributed by atoms with Crippen LogP contribution in [0.2, 0.25) is 0 Å². The number of hydrogen-bond donors (Lipinski definition) is 2. The maximum atomic E-state index is 12.2. The van der Waals surface area contributed by atoms with E-state index in [0.29, 0.717) is 18.4 Å². The minimum absolute atomic E-state index is 0.335. The van der Waals surface area contributed by atoms with Crippen LogP contribution in [0.4, 0.5) is 0 Å². The van der Waals surface area contributed by atoms with Gasteiger partial charge in [0.25, 0.3) is 5.91 Å². The van der Waals surface area contributed by atoms with Gasteiger partial charge in [-0.25, -0.2) is 4.79 Å². The Bertz CT molecular complexity index is 470. The maximum absolute atomic E-state index is 12.2. The number of carbonyl (C=O) groups excluding carboxylic acids is 1. The maximum Gasteiger partial charge on any atom is 0.329 e. The van der Waals surface area contributed by atoms with E-state index >= 15 is 0 Å². The van der Waals surface area contributed by atoms with Gasteiger partial charge in [0.05, 0.1) is 0 Å². The highest BCUT2D eigenvalue weighted by molar-refractivity contribution is 5.98. The zero-order valence-electron chi connectivity index (χ0n) is 11.9. The number of amides is 1. The van der Waals surface area contributed by atoms with Crippen molar-refractivity contribution >= 4 is 11.9 Å². The Kier molecular flexibility index (Phi) is 4.70. The molecule has 4 nitrogen and oxygen atoms in total. The van der Waals surface area contributed by atoms with E-state index in [2.05, 4.69) is 5.32 Å². The lowest BCUT2D eigenvalue weighted by atomic mass is 9.92. The largest absolute Gasteiger partial charge is 0.480 e. The van der Waals surface area contributed by atoms with E-state index in [4.69, 9.17) is 0 Å². The number of aliphatic carboxylic acids is 1. The SMILES string of the molecule is CCC(CC)(NC(=O)c1cc(C)cc(C)c1)C(=O)O. The van der Waals surface area contributed by atoms with Crippen molar-refractivity contribution < 1.29 is 14.7 Å². The van der Waals surface area contributed by atoms with Crippen molar-refractivity contribution in [3.8, 4) is 0 Å². The van der Waals surface area contributed by atoms with Crippen molar-refractivity contribution in [3.63, 3.8) is 0 Å². The molecule has 1 aromatic rings. The summed E-state index contributed by atoms with van der Waals surface area (Å²) in [6.45, 7) is 7.35. The summed E-state index contributed by atoms with van der Waals surface area (Å²) in [6, 6.07) is 5.50. The molecule has 0 aliphatic heterocycles. The van der Waals surface area contributed by atoms with Crippen LogP contribution in [-0.2, 0) is 4.79 Å². The zero-order chi connectivity index (χ0) is 14.6. The summed E-state index contributed by atoms with van der Waals surface area (Å²) in [5.74, 6) is -1.33. The summed E-state index contributed by atoms with van der Waals surface area (Å²) in [4.78, 5) is 23.6. The minimum Gasteiger partial charge on any atom is -0.480 e. The molecule has 0 aromatic heterocycles. The third-order valence-corrected chi connectivity index (χ3v) is 3.45. The van der Waals surface area contributed by atoms with Gasteiger partial charge < -0.3 is 10.4 Å². The average Bonchev–Trinajstić information content (AvgIpc) is 2.34. The molecule has 1 aromatic carbocycles. The Morgan fingerprint density at radius 3 is 1.95 bits per heavy atom. The van der Waals surface area contributed by atoms with Gasteiger partial charge in [-0.3, -0.25) is 4.79 Å². The van der Waals surface area contributed by atoms with Crippen molar-refractivity contribution in [3.05, 3.63) is 34.9 Å². The van der Waals surface area contributed by atoms with Crippen LogP contribution in [0.5, 0.6) is 0 Å². The Morgan fingerprint density at radius 2 is 1.58 bits per heavy atom. The van der Waals surface area contributed by atoms with Gasteiger partial charge in [-0.2, -0.15) is 0 Å². The molecule has 0 bridgehead atoms. The van der Waals surface area contributed by atoms with E-state index in [1.54, 1.807) is 26.0 Å². The molecule has 0 radical (unpaired) electrons. The van der Waals surface area contributed by atoms with E-state index in [1.165, 1.54) is 0 Å². The standard InChI is InChI=1S/C15H21NO3/c1-5-15(6-2,14(18)19)16-13(17)12-8-10(3)7-11(4)9-12/h7-9H,5-6H2,1-4H3,(H,16,17)(H,18,19). The fraction of sp³-hybridized carbons (Fsp3) is 0.467. The molecule has 0 atom stereocenters. The number of benzene rings is 1. The highest BCUT2D eigenvalue weighted by Crippen LogP contribution is 2.17. The van der Waals surface area contributed by atoms with Gasteiger partial charge in [-0.1, -0.05) is 31.0 Å². The van der Waals surface area contributed by atoms with Crippen LogP contribution >= 0.6 is 0 Å². The first-order valence-electron chi connectivity index (χ1n) is 6.49. The number of carbonyl (C=O) groups is 2. The van der Waals surface area contributed by atoms with Crippen molar-refractivity contribution in [2.75, 3.05) is 0 Å². The lowest BCUT2D eigenvalue weighted by molar-refractivity contribution is -0.144. The summed E-state index contributed by atoms with van der Waals surface area (Å²) < 4.78 is 0. The Labute approximate surface area is 113 Å². The molecule has 19 heavy (non-hydrogen) atoms. The highest BCUT2D eigenvalue weighted by atomic mass is 16.4. The van der Waals surface area contributed by atoms with Crippen LogP contribution in [0.3, 0.4) is 0 Å².